The number of pyridine rings is 1. The van der Waals surface area contributed by atoms with Crippen molar-refractivity contribution in [2.45, 2.75) is 24.9 Å². The average molecular weight is 408 g/mol. The lowest BCUT2D eigenvalue weighted by atomic mass is 10.1. The van der Waals surface area contributed by atoms with E-state index in [4.69, 9.17) is 0 Å². The molecule has 1 fully saturated rings. The molecule has 1 N–H and O–H groups in total. The van der Waals surface area contributed by atoms with Crippen molar-refractivity contribution in [2.75, 3.05) is 18.4 Å². The first-order valence-corrected chi connectivity index (χ1v) is 9.52. The van der Waals surface area contributed by atoms with Gasteiger partial charge in [0.15, 0.2) is 0 Å². The number of nitrogens with one attached hydrogen (secondary N) is 1. The molecule has 11 nitrogen and oxygen atoms in total. The first-order valence-electron chi connectivity index (χ1n) is 9.52. The number of amides is 1. The quantitative estimate of drug-likeness (QED) is 0.459. The molecule has 1 saturated heterocycles. The Bertz CT molecular complexity index is 994. The number of aromatic nitrogens is 5. The van der Waals surface area contributed by atoms with Crippen LogP contribution in [0.1, 0.15) is 18.0 Å². The molecule has 1 aliphatic heterocycles. The number of nitro groups is 1. The monoisotopic (exact) mass is 408 g/mol. The molecule has 154 valence electrons. The summed E-state index contributed by atoms with van der Waals surface area (Å²) >= 11 is 0. The van der Waals surface area contributed by atoms with Crippen molar-refractivity contribution < 1.29 is 9.72 Å². The highest BCUT2D eigenvalue weighted by Gasteiger charge is 2.32. The fraction of sp³-hybridized carbons (Fsp3) is 0.316. The lowest BCUT2D eigenvalue weighted by Gasteiger charge is -2.23. The molecule has 2 atom stereocenters. The van der Waals surface area contributed by atoms with Crippen LogP contribution in [0.5, 0.6) is 0 Å². The number of rotatable bonds is 7. The molecule has 11 heteroatoms. The summed E-state index contributed by atoms with van der Waals surface area (Å²) in [6.07, 6.45) is 3.91. The number of benzene rings is 1. The van der Waals surface area contributed by atoms with E-state index in [1.165, 1.54) is 23.3 Å². The third kappa shape index (κ3) is 4.40. The highest BCUT2D eigenvalue weighted by molar-refractivity contribution is 5.81. The Labute approximate surface area is 171 Å². The summed E-state index contributed by atoms with van der Waals surface area (Å²) in [5.74, 6) is 0.494. The van der Waals surface area contributed by atoms with Crippen molar-refractivity contribution in [3.63, 3.8) is 0 Å². The first kappa shape index (κ1) is 19.4. The van der Waals surface area contributed by atoms with Crippen molar-refractivity contribution in [3.8, 4) is 0 Å². The van der Waals surface area contributed by atoms with Crippen molar-refractivity contribution in [1.29, 1.82) is 0 Å². The van der Waals surface area contributed by atoms with Crippen molar-refractivity contribution in [1.82, 2.24) is 30.1 Å². The molecule has 2 unspecified atom stereocenters. The molecule has 0 spiro atoms. The molecular weight excluding hydrogens is 388 g/mol. The van der Waals surface area contributed by atoms with Crippen molar-refractivity contribution >= 4 is 17.4 Å². The van der Waals surface area contributed by atoms with E-state index in [1.807, 2.05) is 30.3 Å². The molecule has 0 radical (unpaired) electrons. The van der Waals surface area contributed by atoms with E-state index in [2.05, 4.69) is 25.8 Å². The van der Waals surface area contributed by atoms with Crippen LogP contribution in [0.4, 0.5) is 11.5 Å². The maximum atomic E-state index is 13.3. The van der Waals surface area contributed by atoms with Crippen LogP contribution in [-0.4, -0.2) is 60.1 Å². The molecule has 3 heterocycles. The summed E-state index contributed by atoms with van der Waals surface area (Å²) in [7, 11) is 0. The molecule has 4 rings (SSSR count). The Morgan fingerprint density at radius 3 is 2.77 bits per heavy atom. The Morgan fingerprint density at radius 2 is 2.10 bits per heavy atom. The fourth-order valence-electron chi connectivity index (χ4n) is 3.52. The van der Waals surface area contributed by atoms with Gasteiger partial charge in [0.1, 0.15) is 24.4 Å². The lowest BCUT2D eigenvalue weighted by molar-refractivity contribution is -0.385. The number of anilines is 1. The largest absolute Gasteiger partial charge is 0.365 e. The summed E-state index contributed by atoms with van der Waals surface area (Å²) in [6, 6.07) is 12.2. The summed E-state index contributed by atoms with van der Waals surface area (Å²) in [6.45, 7) is 1.10. The van der Waals surface area contributed by atoms with Crippen LogP contribution in [0.2, 0.25) is 0 Å². The highest BCUT2D eigenvalue weighted by Crippen LogP contribution is 2.22. The van der Waals surface area contributed by atoms with Crippen LogP contribution in [0.15, 0.2) is 55.0 Å². The van der Waals surface area contributed by atoms with Crippen LogP contribution in [0.3, 0.4) is 0 Å². The van der Waals surface area contributed by atoms with Crippen LogP contribution >= 0.6 is 0 Å². The van der Waals surface area contributed by atoms with E-state index in [0.29, 0.717) is 25.3 Å². The van der Waals surface area contributed by atoms with Gasteiger partial charge in [0.2, 0.25) is 5.91 Å². The summed E-state index contributed by atoms with van der Waals surface area (Å²) in [4.78, 5) is 29.4. The number of hydrogen-bond acceptors (Lipinski definition) is 8. The molecular formula is C19H20N8O3. The number of carbonyl (C=O) groups excluding carboxylic acids is 1. The van der Waals surface area contributed by atoms with Crippen molar-refractivity contribution in [3.05, 3.63) is 70.7 Å². The maximum absolute atomic E-state index is 13.3. The zero-order valence-electron chi connectivity index (χ0n) is 16.0. The van der Waals surface area contributed by atoms with Gasteiger partial charge in [-0.3, -0.25) is 14.9 Å². The van der Waals surface area contributed by atoms with E-state index in [-0.39, 0.29) is 17.6 Å². The average Bonchev–Trinajstić information content (AvgIpc) is 3.45. The standard InChI is InChI=1S/C19H20N8O3/c28-19(17(26-13-21-23-24-26)10-14-4-2-1-3-5-14)25-9-8-15(12-25)22-18-7-6-16(11-20-18)27(29)30/h1-7,11,13,15,17H,8-10,12H2,(H,20,22). The van der Waals surface area contributed by atoms with Gasteiger partial charge < -0.3 is 10.2 Å². The third-order valence-corrected chi connectivity index (χ3v) is 5.05. The molecule has 30 heavy (non-hydrogen) atoms. The third-order valence-electron chi connectivity index (χ3n) is 5.05. The van der Waals surface area contributed by atoms with Crippen LogP contribution in [-0.2, 0) is 11.2 Å². The molecule has 1 aliphatic rings. The molecule has 0 saturated carbocycles. The van der Waals surface area contributed by atoms with E-state index < -0.39 is 11.0 Å². The second-order valence-corrected chi connectivity index (χ2v) is 7.07. The summed E-state index contributed by atoms with van der Waals surface area (Å²) in [5, 5.41) is 25.3. The van der Waals surface area contributed by atoms with Gasteiger partial charge in [-0.25, -0.2) is 9.67 Å². The fourth-order valence-corrected chi connectivity index (χ4v) is 3.52. The number of hydrogen-bond donors (Lipinski definition) is 1. The Hall–Kier alpha value is -3.89. The van der Waals surface area contributed by atoms with Crippen LogP contribution in [0.25, 0.3) is 0 Å². The first-order chi connectivity index (χ1) is 14.6. The van der Waals surface area contributed by atoms with Crippen LogP contribution in [0, 0.1) is 10.1 Å². The number of carbonyl (C=O) groups is 1. The van der Waals surface area contributed by atoms with Gasteiger partial charge in [-0.05, 0) is 28.5 Å². The van der Waals surface area contributed by atoms with Gasteiger partial charge in [-0.15, -0.1) is 5.10 Å². The van der Waals surface area contributed by atoms with E-state index in [9.17, 15) is 14.9 Å². The van der Waals surface area contributed by atoms with Gasteiger partial charge in [0, 0.05) is 31.6 Å². The molecule has 1 aromatic carbocycles. The minimum atomic E-state index is -0.529. The van der Waals surface area contributed by atoms with Gasteiger partial charge in [-0.2, -0.15) is 0 Å². The van der Waals surface area contributed by atoms with Crippen molar-refractivity contribution in [2.24, 2.45) is 0 Å². The van der Waals surface area contributed by atoms with Gasteiger partial charge >= 0.3 is 0 Å². The number of nitrogens with zero attached hydrogens (tertiary/aromatic N) is 7. The topological polar surface area (TPSA) is 132 Å². The van der Waals surface area contributed by atoms with Gasteiger partial charge in [-0.1, -0.05) is 30.3 Å². The zero-order valence-corrected chi connectivity index (χ0v) is 16.0. The van der Waals surface area contributed by atoms with E-state index in [1.54, 1.807) is 11.0 Å². The van der Waals surface area contributed by atoms with Crippen LogP contribution < -0.4 is 5.32 Å². The zero-order chi connectivity index (χ0) is 20.9. The minimum absolute atomic E-state index is 0.00847. The highest BCUT2D eigenvalue weighted by atomic mass is 16.6. The second-order valence-electron chi connectivity index (χ2n) is 7.07. The normalized spacial score (nSPS) is 16.9. The minimum Gasteiger partial charge on any atom is -0.365 e. The van der Waals surface area contributed by atoms with Gasteiger partial charge in [0.05, 0.1) is 4.92 Å². The number of likely N-dealkylation sites (tertiary alicyclic amines) is 1. The molecule has 1 amide bonds. The summed E-state index contributed by atoms with van der Waals surface area (Å²) < 4.78 is 1.49. The molecule has 3 aromatic rings. The SMILES string of the molecule is O=C(C(Cc1ccccc1)n1cnnn1)N1CCC(Nc2ccc([N+](=O)[O-])cn2)C1. The van der Waals surface area contributed by atoms with Gasteiger partial charge in [0.25, 0.3) is 5.69 Å². The predicted molar refractivity (Wildman–Crippen MR) is 106 cm³/mol. The summed E-state index contributed by atoms with van der Waals surface area (Å²) in [5.41, 5.74) is 0.962. The van der Waals surface area contributed by atoms with E-state index in [0.717, 1.165) is 12.0 Å². The predicted octanol–water partition coefficient (Wildman–Crippen LogP) is 1.47. The Kier molecular flexibility index (Phi) is 5.59. The lowest BCUT2D eigenvalue weighted by Crippen LogP contribution is -2.38. The second kappa shape index (κ2) is 8.64. The number of tetrazole rings is 1. The Balaban J connectivity index is 1.42. The molecule has 0 aliphatic carbocycles. The smallest absolute Gasteiger partial charge is 0.287 e. The molecule has 0 bridgehead atoms. The Morgan fingerprint density at radius 1 is 1.27 bits per heavy atom. The van der Waals surface area contributed by atoms with E-state index >= 15 is 0 Å². The maximum Gasteiger partial charge on any atom is 0.287 e. The molecule has 2 aromatic heterocycles.